The highest BCUT2D eigenvalue weighted by atomic mass is 32.3. The monoisotopic (exact) mass is 246 g/mol. The van der Waals surface area contributed by atoms with Gasteiger partial charge in [-0.25, -0.2) is 0 Å². The van der Waals surface area contributed by atoms with Crippen LogP contribution < -0.4 is 0 Å². The maximum Gasteiger partial charge on any atom is 0.413 e. The molecule has 7 nitrogen and oxygen atoms in total. The van der Waals surface area contributed by atoms with Crippen LogP contribution in [0, 0.1) is 0 Å². The van der Waals surface area contributed by atoms with Crippen molar-refractivity contribution >= 4 is 10.4 Å². The van der Waals surface area contributed by atoms with E-state index in [0.29, 0.717) is 19.8 Å². The minimum Gasteiger partial charge on any atom is -0.468 e. The number of rotatable bonds is 2. The summed E-state index contributed by atoms with van der Waals surface area (Å²) < 4.78 is 39.8. The molecule has 0 spiro atoms. The van der Waals surface area contributed by atoms with E-state index in [0.717, 1.165) is 11.3 Å². The molecular weight excluding hydrogens is 236 g/mol. The standard InChI is InChI=1S/C8H10N2O5S/c11-16(12,13)15-10-5-9-3-7(10)6-1-2-14-8(6)4-9/h1-2,7H,3-5H2,(H,11,12,13). The van der Waals surface area contributed by atoms with Crippen LogP contribution in [0.3, 0.4) is 0 Å². The van der Waals surface area contributed by atoms with Gasteiger partial charge in [0.05, 0.1) is 25.5 Å². The average Bonchev–Trinajstić information content (AvgIpc) is 2.71. The van der Waals surface area contributed by atoms with Crippen molar-refractivity contribution in [1.82, 2.24) is 9.96 Å². The van der Waals surface area contributed by atoms with Gasteiger partial charge in [0.1, 0.15) is 5.76 Å². The second-order valence-electron chi connectivity index (χ2n) is 3.89. The van der Waals surface area contributed by atoms with Crippen molar-refractivity contribution in [3.05, 3.63) is 23.7 Å². The smallest absolute Gasteiger partial charge is 0.413 e. The zero-order valence-corrected chi connectivity index (χ0v) is 9.05. The summed E-state index contributed by atoms with van der Waals surface area (Å²) >= 11 is 0. The summed E-state index contributed by atoms with van der Waals surface area (Å²) in [5, 5.41) is 1.25. The lowest BCUT2D eigenvalue weighted by Gasteiger charge is -2.21. The molecule has 0 amide bonds. The van der Waals surface area contributed by atoms with E-state index in [-0.39, 0.29) is 6.04 Å². The van der Waals surface area contributed by atoms with Gasteiger partial charge in [-0.15, -0.1) is 5.06 Å². The molecule has 88 valence electrons. The van der Waals surface area contributed by atoms with Gasteiger partial charge in [0.25, 0.3) is 0 Å². The van der Waals surface area contributed by atoms with Gasteiger partial charge in [-0.2, -0.15) is 12.7 Å². The van der Waals surface area contributed by atoms with Crippen LogP contribution in [0.4, 0.5) is 0 Å². The van der Waals surface area contributed by atoms with Gasteiger partial charge in [-0.1, -0.05) is 0 Å². The number of hydroxylamine groups is 2. The highest BCUT2D eigenvalue weighted by Crippen LogP contribution is 2.37. The third-order valence-electron chi connectivity index (χ3n) is 2.81. The van der Waals surface area contributed by atoms with Crippen LogP contribution in [-0.2, 0) is 21.2 Å². The minimum absolute atomic E-state index is 0.204. The molecule has 3 heterocycles. The summed E-state index contributed by atoms with van der Waals surface area (Å²) in [5.74, 6) is 0.817. The third kappa shape index (κ3) is 1.64. The van der Waals surface area contributed by atoms with Gasteiger partial charge in [0.15, 0.2) is 0 Å². The molecule has 0 saturated carbocycles. The fraction of sp³-hybridized carbons (Fsp3) is 0.500. The lowest BCUT2D eigenvalue weighted by molar-refractivity contribution is -0.0794. The van der Waals surface area contributed by atoms with Crippen LogP contribution in [0.1, 0.15) is 17.4 Å². The van der Waals surface area contributed by atoms with E-state index < -0.39 is 10.4 Å². The number of hydrogen-bond donors (Lipinski definition) is 1. The summed E-state index contributed by atoms with van der Waals surface area (Å²) in [7, 11) is -4.46. The van der Waals surface area contributed by atoms with Gasteiger partial charge in [0.2, 0.25) is 0 Å². The summed E-state index contributed by atoms with van der Waals surface area (Å²) in [5.41, 5.74) is 0.914. The van der Waals surface area contributed by atoms with Crippen LogP contribution in [-0.4, -0.2) is 36.1 Å². The number of furan rings is 1. The van der Waals surface area contributed by atoms with E-state index >= 15 is 0 Å². The molecule has 1 aromatic heterocycles. The molecule has 1 aromatic rings. The van der Waals surface area contributed by atoms with Gasteiger partial charge in [0, 0.05) is 12.1 Å². The molecule has 1 fully saturated rings. The van der Waals surface area contributed by atoms with Crippen molar-refractivity contribution in [1.29, 1.82) is 0 Å². The zero-order valence-electron chi connectivity index (χ0n) is 8.24. The lowest BCUT2D eigenvalue weighted by Crippen LogP contribution is -2.27. The maximum absolute atomic E-state index is 10.7. The Kier molecular flexibility index (Phi) is 2.10. The molecule has 0 radical (unpaired) electrons. The molecular formula is C8H10N2O5S. The second-order valence-corrected chi connectivity index (χ2v) is 4.89. The molecule has 2 aliphatic heterocycles. The Morgan fingerprint density at radius 1 is 1.56 bits per heavy atom. The van der Waals surface area contributed by atoms with Gasteiger partial charge >= 0.3 is 10.4 Å². The van der Waals surface area contributed by atoms with Crippen LogP contribution >= 0.6 is 0 Å². The Balaban J connectivity index is 1.91. The molecule has 2 unspecified atom stereocenters. The van der Waals surface area contributed by atoms with E-state index in [9.17, 15) is 8.42 Å². The molecule has 2 bridgehead atoms. The highest BCUT2D eigenvalue weighted by Gasteiger charge is 2.41. The van der Waals surface area contributed by atoms with Crippen LogP contribution in [0.2, 0.25) is 0 Å². The van der Waals surface area contributed by atoms with Crippen molar-refractivity contribution in [2.75, 3.05) is 13.2 Å². The van der Waals surface area contributed by atoms with Crippen LogP contribution in [0.25, 0.3) is 0 Å². The Morgan fingerprint density at radius 2 is 2.38 bits per heavy atom. The van der Waals surface area contributed by atoms with Crippen molar-refractivity contribution in [3.8, 4) is 0 Å². The predicted molar refractivity (Wildman–Crippen MR) is 51.2 cm³/mol. The third-order valence-corrected chi connectivity index (χ3v) is 3.19. The molecule has 2 aliphatic rings. The first-order valence-electron chi connectivity index (χ1n) is 4.75. The fourth-order valence-electron chi connectivity index (χ4n) is 2.23. The Bertz CT molecular complexity index is 510. The molecule has 1 saturated heterocycles. The first-order valence-corrected chi connectivity index (χ1v) is 6.12. The Labute approximate surface area is 92.1 Å². The van der Waals surface area contributed by atoms with E-state index in [4.69, 9.17) is 8.97 Å². The minimum atomic E-state index is -4.46. The first-order chi connectivity index (χ1) is 7.53. The highest BCUT2D eigenvalue weighted by molar-refractivity contribution is 7.80. The molecule has 16 heavy (non-hydrogen) atoms. The Hall–Kier alpha value is -0.930. The summed E-state index contributed by atoms with van der Waals surface area (Å²) in [6, 6.07) is 1.59. The quantitative estimate of drug-likeness (QED) is 0.743. The molecule has 1 N–H and O–H groups in total. The van der Waals surface area contributed by atoms with Crippen molar-refractivity contribution in [2.24, 2.45) is 0 Å². The van der Waals surface area contributed by atoms with Gasteiger partial charge in [-0.05, 0) is 6.07 Å². The van der Waals surface area contributed by atoms with Crippen LogP contribution in [0.15, 0.2) is 16.7 Å². The Morgan fingerprint density at radius 3 is 3.12 bits per heavy atom. The first kappa shape index (κ1) is 10.2. The average molecular weight is 246 g/mol. The van der Waals surface area contributed by atoms with Crippen molar-refractivity contribution < 1.29 is 21.7 Å². The van der Waals surface area contributed by atoms with Crippen LogP contribution in [0.5, 0.6) is 0 Å². The second kappa shape index (κ2) is 3.28. The van der Waals surface area contributed by atoms with E-state index in [1.807, 2.05) is 4.90 Å². The normalized spacial score (nSPS) is 29.3. The molecule has 0 aromatic carbocycles. The van der Waals surface area contributed by atoms with Gasteiger partial charge in [-0.3, -0.25) is 9.45 Å². The fourth-order valence-corrected chi connectivity index (χ4v) is 2.63. The van der Waals surface area contributed by atoms with E-state index in [2.05, 4.69) is 4.28 Å². The summed E-state index contributed by atoms with van der Waals surface area (Å²) in [6.45, 7) is 1.63. The largest absolute Gasteiger partial charge is 0.468 e. The number of fused-ring (bicyclic) bond motifs is 4. The van der Waals surface area contributed by atoms with E-state index in [1.54, 1.807) is 12.3 Å². The lowest BCUT2D eigenvalue weighted by atomic mass is 10.1. The SMILES string of the molecule is O=S(=O)(O)ON1CN2Cc3occc3C1C2. The van der Waals surface area contributed by atoms with Crippen molar-refractivity contribution in [3.63, 3.8) is 0 Å². The molecule has 3 rings (SSSR count). The maximum atomic E-state index is 10.7. The number of hydrogen-bond acceptors (Lipinski definition) is 6. The van der Waals surface area contributed by atoms with E-state index in [1.165, 1.54) is 5.06 Å². The predicted octanol–water partition coefficient (Wildman–Crippen LogP) is 0.144. The molecule has 8 heteroatoms. The topological polar surface area (TPSA) is 83.2 Å². The summed E-state index contributed by atoms with van der Waals surface area (Å²) in [6.07, 6.45) is 1.57. The molecule has 0 aliphatic carbocycles. The van der Waals surface area contributed by atoms with Gasteiger partial charge < -0.3 is 4.42 Å². The zero-order chi connectivity index (χ0) is 11.3. The molecule has 2 atom stereocenters. The number of nitrogens with zero attached hydrogens (tertiary/aromatic N) is 2. The summed E-state index contributed by atoms with van der Waals surface area (Å²) in [4.78, 5) is 1.97. The van der Waals surface area contributed by atoms with Crippen molar-refractivity contribution in [2.45, 2.75) is 12.6 Å².